The van der Waals surface area contributed by atoms with E-state index in [-0.39, 0.29) is 11.4 Å². The van der Waals surface area contributed by atoms with Crippen LogP contribution >= 0.6 is 0 Å². The largest absolute Gasteiger partial charge is 0.504 e. The molecule has 1 heterocycles. The molecule has 8 nitrogen and oxygen atoms in total. The van der Waals surface area contributed by atoms with Crippen LogP contribution in [0.25, 0.3) is 33.9 Å². The number of H-pyrrole nitrogens is 1. The predicted molar refractivity (Wildman–Crippen MR) is 116 cm³/mol. The maximum absolute atomic E-state index is 11.4. The molecule has 8 heteroatoms. The Labute approximate surface area is 177 Å². The van der Waals surface area contributed by atoms with Crippen LogP contribution in [0.4, 0.5) is 5.69 Å². The fraction of sp³-hybridized carbons (Fsp3) is 0.0870. The third kappa shape index (κ3) is 3.78. The monoisotopic (exact) mass is 417 g/mol. The highest BCUT2D eigenvalue weighted by Gasteiger charge is 2.21. The van der Waals surface area contributed by atoms with Crippen molar-refractivity contribution in [2.75, 3.05) is 14.2 Å². The number of aromatic hydroxyl groups is 1. The van der Waals surface area contributed by atoms with E-state index in [4.69, 9.17) is 14.5 Å². The van der Waals surface area contributed by atoms with E-state index in [9.17, 15) is 15.2 Å². The molecule has 0 saturated carbocycles. The highest BCUT2D eigenvalue weighted by atomic mass is 16.6. The average Bonchev–Trinajstić information content (AvgIpc) is 3.24. The van der Waals surface area contributed by atoms with Gasteiger partial charge >= 0.3 is 0 Å². The number of non-ortho nitro benzene ring substituents is 1. The van der Waals surface area contributed by atoms with E-state index in [1.54, 1.807) is 24.3 Å². The van der Waals surface area contributed by atoms with Gasteiger partial charge in [0.05, 0.1) is 30.5 Å². The number of nitrogens with one attached hydrogen (secondary N) is 1. The molecular weight excluding hydrogens is 398 g/mol. The van der Waals surface area contributed by atoms with Crippen molar-refractivity contribution in [2.45, 2.75) is 0 Å². The Morgan fingerprint density at radius 1 is 0.935 bits per heavy atom. The topological polar surface area (TPSA) is 111 Å². The summed E-state index contributed by atoms with van der Waals surface area (Å²) in [6, 6.07) is 18.8. The van der Waals surface area contributed by atoms with Gasteiger partial charge in [0.1, 0.15) is 11.6 Å². The van der Waals surface area contributed by atoms with Crippen LogP contribution in [0.1, 0.15) is 0 Å². The number of aromatic nitrogens is 2. The van der Waals surface area contributed by atoms with Crippen LogP contribution < -0.4 is 9.47 Å². The van der Waals surface area contributed by atoms with Crippen LogP contribution in [0.2, 0.25) is 0 Å². The molecule has 0 atom stereocenters. The number of methoxy groups -OCH3 is 2. The highest BCUT2D eigenvalue weighted by molar-refractivity contribution is 5.85. The van der Waals surface area contributed by atoms with Crippen molar-refractivity contribution < 1.29 is 19.5 Å². The molecule has 2 N–H and O–H groups in total. The molecule has 0 radical (unpaired) electrons. The van der Waals surface area contributed by atoms with E-state index < -0.39 is 4.92 Å². The molecule has 0 spiro atoms. The third-order valence-electron chi connectivity index (χ3n) is 4.87. The zero-order valence-electron chi connectivity index (χ0n) is 16.8. The van der Waals surface area contributed by atoms with Crippen molar-refractivity contribution in [1.82, 2.24) is 9.97 Å². The Morgan fingerprint density at radius 3 is 2.29 bits per heavy atom. The van der Waals surface area contributed by atoms with Gasteiger partial charge in [-0.25, -0.2) is 4.98 Å². The van der Waals surface area contributed by atoms with Gasteiger partial charge in [0.15, 0.2) is 11.5 Å². The molecule has 1 aromatic heterocycles. The first kappa shape index (κ1) is 20.0. The van der Waals surface area contributed by atoms with E-state index in [0.717, 1.165) is 5.56 Å². The van der Waals surface area contributed by atoms with Crippen LogP contribution in [-0.2, 0) is 0 Å². The summed E-state index contributed by atoms with van der Waals surface area (Å²) in [5.41, 5.74) is 3.07. The number of phenols is 1. The molecule has 0 amide bonds. The lowest BCUT2D eigenvalue weighted by Crippen LogP contribution is -1.94. The minimum Gasteiger partial charge on any atom is -0.504 e. The molecule has 156 valence electrons. The number of phenolic OH excluding ortho intramolecular Hbond substituents is 1. The summed E-state index contributed by atoms with van der Waals surface area (Å²) < 4.78 is 10.6. The van der Waals surface area contributed by atoms with Crippen LogP contribution in [0, 0.1) is 10.1 Å². The van der Waals surface area contributed by atoms with Gasteiger partial charge in [0, 0.05) is 28.8 Å². The fourth-order valence-electron chi connectivity index (χ4n) is 3.35. The Kier molecular flexibility index (Phi) is 5.28. The van der Waals surface area contributed by atoms with Crippen LogP contribution in [0.5, 0.6) is 17.2 Å². The van der Waals surface area contributed by atoms with E-state index in [2.05, 4.69) is 4.98 Å². The fourth-order valence-corrected chi connectivity index (χ4v) is 3.35. The van der Waals surface area contributed by atoms with Crippen molar-refractivity contribution in [3.05, 3.63) is 76.8 Å². The summed E-state index contributed by atoms with van der Waals surface area (Å²) in [5, 5.41) is 21.5. The summed E-state index contributed by atoms with van der Waals surface area (Å²) in [7, 11) is 2.98. The Bertz CT molecular complexity index is 1250. The number of hydrogen-bond acceptors (Lipinski definition) is 6. The van der Waals surface area contributed by atoms with E-state index in [0.29, 0.717) is 39.8 Å². The number of hydrogen-bond donors (Lipinski definition) is 2. The lowest BCUT2D eigenvalue weighted by Gasteiger charge is -2.09. The van der Waals surface area contributed by atoms with Gasteiger partial charge in [0.2, 0.25) is 0 Å². The lowest BCUT2D eigenvalue weighted by atomic mass is 10.0. The Morgan fingerprint density at radius 2 is 1.65 bits per heavy atom. The second-order valence-corrected chi connectivity index (χ2v) is 6.70. The van der Waals surface area contributed by atoms with Crippen molar-refractivity contribution >= 4 is 5.69 Å². The molecule has 0 unspecified atom stereocenters. The summed E-state index contributed by atoms with van der Waals surface area (Å²) >= 11 is 0. The second kappa shape index (κ2) is 8.19. The summed E-state index contributed by atoms with van der Waals surface area (Å²) in [4.78, 5) is 18.9. The molecule has 0 bridgehead atoms. The molecular formula is C23H19N3O5. The molecule has 0 saturated heterocycles. The van der Waals surface area contributed by atoms with Gasteiger partial charge in [-0.1, -0.05) is 30.3 Å². The van der Waals surface area contributed by atoms with Gasteiger partial charge in [-0.2, -0.15) is 0 Å². The minimum atomic E-state index is -0.454. The first-order valence-electron chi connectivity index (χ1n) is 9.37. The van der Waals surface area contributed by atoms with Crippen LogP contribution in [-0.4, -0.2) is 34.2 Å². The number of aromatic amines is 1. The van der Waals surface area contributed by atoms with E-state index >= 15 is 0 Å². The number of rotatable bonds is 6. The maximum atomic E-state index is 11.4. The van der Waals surface area contributed by atoms with Gasteiger partial charge in [0.25, 0.3) is 5.69 Å². The molecule has 0 aliphatic heterocycles. The number of nitro groups is 1. The SMILES string of the molecule is COc1ccc(-c2nc(-c3ccccc3)c(-c3cc([N+](=O)[O-])ccc3OC)[nH]2)cc1O. The predicted octanol–water partition coefficient (Wildman–Crippen LogP) is 5.04. The van der Waals surface area contributed by atoms with Gasteiger partial charge in [-0.3, -0.25) is 10.1 Å². The number of benzene rings is 3. The van der Waals surface area contributed by atoms with Crippen molar-refractivity contribution in [2.24, 2.45) is 0 Å². The third-order valence-corrected chi connectivity index (χ3v) is 4.87. The van der Waals surface area contributed by atoms with Crippen molar-refractivity contribution in [3.63, 3.8) is 0 Å². The van der Waals surface area contributed by atoms with E-state index in [1.807, 2.05) is 30.3 Å². The number of imidazole rings is 1. The zero-order valence-corrected chi connectivity index (χ0v) is 16.8. The lowest BCUT2D eigenvalue weighted by molar-refractivity contribution is -0.384. The summed E-state index contributed by atoms with van der Waals surface area (Å²) in [6.07, 6.45) is 0. The van der Waals surface area contributed by atoms with E-state index in [1.165, 1.54) is 26.4 Å². The first-order chi connectivity index (χ1) is 15.0. The Balaban J connectivity index is 1.95. The average molecular weight is 417 g/mol. The minimum absolute atomic E-state index is 0.0212. The summed E-state index contributed by atoms with van der Waals surface area (Å²) in [5.74, 6) is 1.28. The van der Waals surface area contributed by atoms with Gasteiger partial charge < -0.3 is 19.6 Å². The first-order valence-corrected chi connectivity index (χ1v) is 9.37. The molecule has 31 heavy (non-hydrogen) atoms. The molecule has 3 aromatic carbocycles. The standard InChI is InChI=1S/C23H19N3O5/c1-30-19-11-9-16(26(28)29)13-17(19)22-21(14-6-4-3-5-7-14)24-23(25-22)15-8-10-20(31-2)18(27)12-15/h3-13,27H,1-2H3,(H,24,25). The number of nitro benzene ring substituents is 1. The summed E-state index contributed by atoms with van der Waals surface area (Å²) in [6.45, 7) is 0. The van der Waals surface area contributed by atoms with Gasteiger partial charge in [-0.15, -0.1) is 0 Å². The molecule has 0 fully saturated rings. The zero-order chi connectivity index (χ0) is 22.0. The molecule has 4 aromatic rings. The maximum Gasteiger partial charge on any atom is 0.270 e. The molecule has 4 rings (SSSR count). The van der Waals surface area contributed by atoms with Crippen molar-refractivity contribution in [1.29, 1.82) is 0 Å². The van der Waals surface area contributed by atoms with Crippen LogP contribution in [0.3, 0.4) is 0 Å². The quantitative estimate of drug-likeness (QED) is 0.336. The number of ether oxygens (including phenoxy) is 2. The van der Waals surface area contributed by atoms with Crippen LogP contribution in [0.15, 0.2) is 66.7 Å². The molecule has 0 aliphatic carbocycles. The second-order valence-electron chi connectivity index (χ2n) is 6.70. The molecule has 0 aliphatic rings. The highest BCUT2D eigenvalue weighted by Crippen LogP contribution is 2.40. The number of nitrogens with zero attached hydrogens (tertiary/aromatic N) is 2. The van der Waals surface area contributed by atoms with Gasteiger partial charge in [-0.05, 0) is 24.3 Å². The normalized spacial score (nSPS) is 10.6. The Hall–Kier alpha value is -4.33. The van der Waals surface area contributed by atoms with Crippen molar-refractivity contribution in [3.8, 4) is 51.2 Å². The smallest absolute Gasteiger partial charge is 0.270 e.